The maximum absolute atomic E-state index is 10.5. The number of hydrogen-bond donors (Lipinski definition) is 1. The number of para-hydroxylation sites is 2. The van der Waals surface area contributed by atoms with Gasteiger partial charge in [-0.1, -0.05) is 37.3 Å². The third kappa shape index (κ3) is 6.15. The van der Waals surface area contributed by atoms with E-state index in [1.807, 2.05) is 49.4 Å². The molecule has 1 atom stereocenters. The predicted octanol–water partition coefficient (Wildman–Crippen LogP) is 3.66. The quantitative estimate of drug-likeness (QED) is 0.651. The van der Waals surface area contributed by atoms with E-state index >= 15 is 0 Å². The van der Waals surface area contributed by atoms with Gasteiger partial charge in [-0.05, 0) is 37.6 Å². The number of aryl methyl sites for hydroxylation is 1. The molecule has 27 heavy (non-hydrogen) atoms. The molecule has 0 saturated heterocycles. The van der Waals surface area contributed by atoms with Crippen molar-refractivity contribution in [3.05, 3.63) is 53.6 Å². The highest BCUT2D eigenvalue weighted by Crippen LogP contribution is 2.31. The maximum Gasteiger partial charge on any atom is 0.165 e. The van der Waals surface area contributed by atoms with E-state index in [0.29, 0.717) is 13.1 Å². The van der Waals surface area contributed by atoms with Crippen molar-refractivity contribution in [2.24, 2.45) is 0 Å². The second kappa shape index (κ2) is 10.8. The predicted molar refractivity (Wildman–Crippen MR) is 108 cm³/mol. The molecule has 0 saturated carbocycles. The molecule has 0 aliphatic rings. The van der Waals surface area contributed by atoms with Gasteiger partial charge in [-0.2, -0.15) is 0 Å². The lowest BCUT2D eigenvalue weighted by Gasteiger charge is -2.26. The van der Waals surface area contributed by atoms with Gasteiger partial charge in [-0.25, -0.2) is 0 Å². The summed E-state index contributed by atoms with van der Waals surface area (Å²) in [5.41, 5.74) is 2.11. The number of methoxy groups -OCH3 is 2. The van der Waals surface area contributed by atoms with Crippen molar-refractivity contribution in [3.8, 4) is 17.2 Å². The number of nitrogens with zero attached hydrogens (tertiary/aromatic N) is 1. The summed E-state index contributed by atoms with van der Waals surface area (Å²) < 4.78 is 16.7. The van der Waals surface area contributed by atoms with Gasteiger partial charge in [-0.3, -0.25) is 4.90 Å². The molecule has 0 spiro atoms. The lowest BCUT2D eigenvalue weighted by atomic mass is 10.1. The van der Waals surface area contributed by atoms with Crippen molar-refractivity contribution in [2.75, 3.05) is 33.9 Å². The molecule has 0 aromatic heterocycles. The van der Waals surface area contributed by atoms with Crippen LogP contribution in [0.25, 0.3) is 0 Å². The molecule has 2 aromatic rings. The Morgan fingerprint density at radius 1 is 1.00 bits per heavy atom. The summed E-state index contributed by atoms with van der Waals surface area (Å²) in [6.45, 7) is 6.48. The van der Waals surface area contributed by atoms with Crippen molar-refractivity contribution in [3.63, 3.8) is 0 Å². The molecule has 0 amide bonds. The summed E-state index contributed by atoms with van der Waals surface area (Å²) in [4.78, 5) is 2.21. The van der Waals surface area contributed by atoms with Gasteiger partial charge < -0.3 is 19.3 Å². The van der Waals surface area contributed by atoms with Crippen LogP contribution in [-0.4, -0.2) is 50.0 Å². The molecule has 2 aromatic carbocycles. The van der Waals surface area contributed by atoms with E-state index in [1.54, 1.807) is 14.2 Å². The van der Waals surface area contributed by atoms with Gasteiger partial charge in [0.25, 0.3) is 0 Å². The lowest BCUT2D eigenvalue weighted by molar-refractivity contribution is 0.0651. The molecule has 5 nitrogen and oxygen atoms in total. The van der Waals surface area contributed by atoms with Crippen molar-refractivity contribution < 1.29 is 19.3 Å². The average molecular weight is 373 g/mol. The molecule has 148 valence electrons. The highest BCUT2D eigenvalue weighted by molar-refractivity contribution is 5.46. The summed E-state index contributed by atoms with van der Waals surface area (Å²) in [7, 11) is 3.29. The Balaban J connectivity index is 1.99. The van der Waals surface area contributed by atoms with Crippen molar-refractivity contribution in [1.82, 2.24) is 4.90 Å². The zero-order valence-electron chi connectivity index (χ0n) is 16.8. The van der Waals surface area contributed by atoms with Crippen LogP contribution in [0.5, 0.6) is 17.2 Å². The molecule has 2 rings (SSSR count). The fourth-order valence-electron chi connectivity index (χ4n) is 3.13. The first kappa shape index (κ1) is 21.1. The third-order valence-corrected chi connectivity index (χ3v) is 4.41. The summed E-state index contributed by atoms with van der Waals surface area (Å²) in [6, 6.07) is 13.7. The number of hydrogen-bond acceptors (Lipinski definition) is 5. The van der Waals surface area contributed by atoms with Crippen LogP contribution in [0.3, 0.4) is 0 Å². The van der Waals surface area contributed by atoms with Crippen LogP contribution in [0.2, 0.25) is 0 Å². The van der Waals surface area contributed by atoms with Crippen LogP contribution < -0.4 is 14.2 Å². The van der Waals surface area contributed by atoms with Crippen LogP contribution in [0.15, 0.2) is 42.5 Å². The van der Waals surface area contributed by atoms with E-state index in [-0.39, 0.29) is 6.61 Å². The smallest absolute Gasteiger partial charge is 0.165 e. The monoisotopic (exact) mass is 373 g/mol. The maximum atomic E-state index is 10.5. The molecule has 0 aliphatic heterocycles. The van der Waals surface area contributed by atoms with Gasteiger partial charge in [0.2, 0.25) is 0 Å². The zero-order chi connectivity index (χ0) is 19.6. The number of benzene rings is 2. The lowest BCUT2D eigenvalue weighted by Crippen LogP contribution is -2.36. The Kier molecular flexibility index (Phi) is 8.43. The number of ether oxygens (including phenoxy) is 3. The average Bonchev–Trinajstić information content (AvgIpc) is 2.67. The summed E-state index contributed by atoms with van der Waals surface area (Å²) >= 11 is 0. The number of aliphatic hydroxyl groups excluding tert-OH is 1. The SMILES string of the molecule is CCCN(Cc1cccc(OC)c1OC)C[C@H](O)COc1ccccc1C. The van der Waals surface area contributed by atoms with Gasteiger partial charge in [0, 0.05) is 18.7 Å². The van der Waals surface area contributed by atoms with Crippen LogP contribution in [0.1, 0.15) is 24.5 Å². The first-order chi connectivity index (χ1) is 13.1. The minimum absolute atomic E-state index is 0.264. The normalized spacial score (nSPS) is 12.1. The van der Waals surface area contributed by atoms with E-state index in [9.17, 15) is 5.11 Å². The second-order valence-corrected chi connectivity index (χ2v) is 6.62. The largest absolute Gasteiger partial charge is 0.493 e. The molecule has 0 bridgehead atoms. The Morgan fingerprint density at radius 3 is 2.41 bits per heavy atom. The molecular weight excluding hydrogens is 342 g/mol. The summed E-state index contributed by atoms with van der Waals surface area (Å²) in [5.74, 6) is 2.27. The molecule has 0 heterocycles. The molecule has 0 radical (unpaired) electrons. The topological polar surface area (TPSA) is 51.2 Å². The van der Waals surface area contributed by atoms with Crippen molar-refractivity contribution >= 4 is 0 Å². The van der Waals surface area contributed by atoms with Gasteiger partial charge in [0.15, 0.2) is 11.5 Å². The Labute approximate surface area is 162 Å². The van der Waals surface area contributed by atoms with Gasteiger partial charge >= 0.3 is 0 Å². The molecule has 1 N–H and O–H groups in total. The van der Waals surface area contributed by atoms with Crippen molar-refractivity contribution in [1.29, 1.82) is 0 Å². The Bertz CT molecular complexity index is 704. The van der Waals surface area contributed by atoms with E-state index in [2.05, 4.69) is 11.8 Å². The summed E-state index contributed by atoms with van der Waals surface area (Å²) in [5, 5.41) is 10.5. The standard InChI is InChI=1S/C22H31NO4/c1-5-13-23(14-18-10-8-12-21(25-3)22(18)26-4)15-19(24)16-27-20-11-7-6-9-17(20)2/h6-12,19,24H,5,13-16H2,1-4H3/t19-/m0/s1. The fraction of sp³-hybridized carbons (Fsp3) is 0.455. The molecule has 5 heteroatoms. The second-order valence-electron chi connectivity index (χ2n) is 6.62. The van der Waals surface area contributed by atoms with Crippen LogP contribution in [-0.2, 0) is 6.54 Å². The highest BCUT2D eigenvalue weighted by Gasteiger charge is 2.16. The molecular formula is C22H31NO4. The molecule has 0 aliphatic carbocycles. The first-order valence-corrected chi connectivity index (χ1v) is 9.37. The zero-order valence-corrected chi connectivity index (χ0v) is 16.8. The van der Waals surface area contributed by atoms with E-state index in [0.717, 1.165) is 41.3 Å². The Morgan fingerprint density at radius 2 is 1.74 bits per heavy atom. The molecule has 0 unspecified atom stereocenters. The van der Waals surface area contributed by atoms with Crippen LogP contribution in [0, 0.1) is 6.92 Å². The third-order valence-electron chi connectivity index (χ3n) is 4.41. The minimum atomic E-state index is -0.576. The Hall–Kier alpha value is -2.24. The van der Waals surface area contributed by atoms with E-state index < -0.39 is 6.10 Å². The van der Waals surface area contributed by atoms with Crippen LogP contribution in [0.4, 0.5) is 0 Å². The van der Waals surface area contributed by atoms with Crippen LogP contribution >= 0.6 is 0 Å². The first-order valence-electron chi connectivity index (χ1n) is 9.37. The van der Waals surface area contributed by atoms with Crippen molar-refractivity contribution in [2.45, 2.75) is 32.9 Å². The number of aliphatic hydroxyl groups is 1. The van der Waals surface area contributed by atoms with E-state index in [4.69, 9.17) is 14.2 Å². The van der Waals surface area contributed by atoms with E-state index in [1.165, 1.54) is 0 Å². The number of rotatable bonds is 11. The van der Waals surface area contributed by atoms with Gasteiger partial charge in [-0.15, -0.1) is 0 Å². The summed E-state index contributed by atoms with van der Waals surface area (Å²) in [6.07, 6.45) is 0.422. The molecule has 0 fully saturated rings. The fourth-order valence-corrected chi connectivity index (χ4v) is 3.13. The highest BCUT2D eigenvalue weighted by atomic mass is 16.5. The van der Waals surface area contributed by atoms with Gasteiger partial charge in [0.1, 0.15) is 18.5 Å². The minimum Gasteiger partial charge on any atom is -0.493 e. The van der Waals surface area contributed by atoms with Gasteiger partial charge in [0.05, 0.1) is 14.2 Å².